The van der Waals surface area contributed by atoms with E-state index in [-0.39, 0.29) is 0 Å². The highest BCUT2D eigenvalue weighted by Crippen LogP contribution is 1.93. The number of anilines is 1. The minimum atomic E-state index is 0.298. The molecule has 0 saturated carbocycles. The lowest BCUT2D eigenvalue weighted by Crippen LogP contribution is -1.92. The highest BCUT2D eigenvalue weighted by molar-refractivity contribution is 6.19. The van der Waals surface area contributed by atoms with E-state index >= 15 is 0 Å². The number of hydrogen-bond acceptors (Lipinski definition) is 3. The van der Waals surface area contributed by atoms with E-state index < -0.39 is 0 Å². The maximum Gasteiger partial charge on any atom is 0.141 e. The highest BCUT2D eigenvalue weighted by Gasteiger charge is 1.87. The summed E-state index contributed by atoms with van der Waals surface area (Å²) in [6, 6.07) is 0. The fraction of sp³-hybridized carbons (Fsp3) is 0.143. The first-order valence-electron chi connectivity index (χ1n) is 2.95. The van der Waals surface area contributed by atoms with E-state index in [1.165, 1.54) is 12.4 Å². The summed E-state index contributed by atoms with van der Waals surface area (Å²) in [4.78, 5) is 7.70. The van der Waals surface area contributed by atoms with Crippen molar-refractivity contribution in [3.05, 3.63) is 18.1 Å². The van der Waals surface area contributed by atoms with Crippen molar-refractivity contribution >= 4 is 17.4 Å². The summed E-state index contributed by atoms with van der Waals surface area (Å²) in [6.45, 7) is 0. The Hall–Kier alpha value is -1.27. The number of aromatic nitrogens is 2. The van der Waals surface area contributed by atoms with Crippen molar-refractivity contribution in [1.82, 2.24) is 9.97 Å². The van der Waals surface area contributed by atoms with E-state index in [0.29, 0.717) is 17.4 Å². The fourth-order valence-electron chi connectivity index (χ4n) is 0.527. The molecule has 0 aromatic carbocycles. The number of hydrogen-bond donors (Lipinski definition) is 1. The average Bonchev–Trinajstić information content (AvgIpc) is 2.04. The second-order valence-electron chi connectivity index (χ2n) is 1.76. The quantitative estimate of drug-likeness (QED) is 0.456. The molecule has 0 spiro atoms. The molecule has 3 nitrogen and oxygen atoms in total. The molecule has 1 aromatic rings. The summed E-state index contributed by atoms with van der Waals surface area (Å²) < 4.78 is 0. The molecule has 1 heterocycles. The zero-order valence-electron chi connectivity index (χ0n) is 5.71. The SMILES string of the molecule is Nc1cnc(C#CCCl)cn1. The van der Waals surface area contributed by atoms with Crippen LogP contribution in [0.1, 0.15) is 5.69 Å². The third-order valence-electron chi connectivity index (χ3n) is 0.955. The molecule has 0 amide bonds. The van der Waals surface area contributed by atoms with E-state index in [4.69, 9.17) is 17.3 Å². The molecule has 56 valence electrons. The largest absolute Gasteiger partial charge is 0.382 e. The van der Waals surface area contributed by atoms with Gasteiger partial charge in [-0.05, 0) is 5.92 Å². The Labute approximate surface area is 69.6 Å². The van der Waals surface area contributed by atoms with Gasteiger partial charge >= 0.3 is 0 Å². The molecule has 4 heteroatoms. The summed E-state index contributed by atoms with van der Waals surface area (Å²) in [5, 5.41) is 0. The van der Waals surface area contributed by atoms with Crippen LogP contribution in [0.15, 0.2) is 12.4 Å². The zero-order chi connectivity index (χ0) is 8.10. The topological polar surface area (TPSA) is 51.8 Å². The lowest BCUT2D eigenvalue weighted by molar-refractivity contribution is 1.18. The van der Waals surface area contributed by atoms with Crippen molar-refractivity contribution in [1.29, 1.82) is 0 Å². The first-order valence-corrected chi connectivity index (χ1v) is 3.48. The molecule has 0 atom stereocenters. The molecule has 0 bridgehead atoms. The van der Waals surface area contributed by atoms with Crippen LogP contribution < -0.4 is 5.73 Å². The van der Waals surface area contributed by atoms with Gasteiger partial charge in [0, 0.05) is 0 Å². The Kier molecular flexibility index (Phi) is 2.70. The van der Waals surface area contributed by atoms with Gasteiger partial charge in [-0.15, -0.1) is 11.6 Å². The predicted molar refractivity (Wildman–Crippen MR) is 44.0 cm³/mol. The van der Waals surface area contributed by atoms with Crippen molar-refractivity contribution < 1.29 is 0 Å². The average molecular weight is 168 g/mol. The smallest absolute Gasteiger partial charge is 0.141 e. The third-order valence-corrected chi connectivity index (χ3v) is 1.09. The van der Waals surface area contributed by atoms with Crippen molar-refractivity contribution in [3.8, 4) is 11.8 Å². The van der Waals surface area contributed by atoms with Crippen LogP contribution in [0.5, 0.6) is 0 Å². The summed E-state index contributed by atoms with van der Waals surface area (Å²) >= 11 is 5.34. The zero-order valence-corrected chi connectivity index (χ0v) is 6.47. The van der Waals surface area contributed by atoms with Gasteiger partial charge in [-0.25, -0.2) is 9.97 Å². The molecule has 11 heavy (non-hydrogen) atoms. The van der Waals surface area contributed by atoms with E-state index in [0.717, 1.165) is 0 Å². The molecule has 0 unspecified atom stereocenters. The van der Waals surface area contributed by atoms with Crippen LogP contribution >= 0.6 is 11.6 Å². The van der Waals surface area contributed by atoms with Gasteiger partial charge in [-0.3, -0.25) is 0 Å². The molecule has 0 aliphatic heterocycles. The van der Waals surface area contributed by atoms with Crippen LogP contribution in [0, 0.1) is 11.8 Å². The van der Waals surface area contributed by atoms with Gasteiger partial charge in [-0.2, -0.15) is 0 Å². The predicted octanol–water partition coefficient (Wildman–Crippen LogP) is 0.649. The normalized spacial score (nSPS) is 8.45. The van der Waals surface area contributed by atoms with Crippen molar-refractivity contribution in [3.63, 3.8) is 0 Å². The summed E-state index contributed by atoms with van der Waals surface area (Å²) in [7, 11) is 0. The molecule has 1 aromatic heterocycles. The summed E-state index contributed by atoms with van der Waals surface area (Å²) in [5.74, 6) is 6.05. The van der Waals surface area contributed by atoms with Gasteiger partial charge in [0.2, 0.25) is 0 Å². The summed E-state index contributed by atoms with van der Waals surface area (Å²) in [5.41, 5.74) is 5.89. The van der Waals surface area contributed by atoms with Crippen molar-refractivity contribution in [2.24, 2.45) is 0 Å². The number of alkyl halides is 1. The molecule has 1 rings (SSSR count). The maximum absolute atomic E-state index is 5.34. The van der Waals surface area contributed by atoms with Crippen LogP contribution in [0.3, 0.4) is 0 Å². The lowest BCUT2D eigenvalue weighted by Gasteiger charge is -1.89. The van der Waals surface area contributed by atoms with Crippen molar-refractivity contribution in [2.45, 2.75) is 0 Å². The van der Waals surface area contributed by atoms with Gasteiger partial charge in [0.15, 0.2) is 0 Å². The Morgan fingerprint density at radius 3 is 2.82 bits per heavy atom. The number of nitrogens with zero attached hydrogens (tertiary/aromatic N) is 2. The second-order valence-corrected chi connectivity index (χ2v) is 2.03. The molecular weight excluding hydrogens is 162 g/mol. The van der Waals surface area contributed by atoms with E-state index in [9.17, 15) is 0 Å². The second kappa shape index (κ2) is 3.79. The van der Waals surface area contributed by atoms with Gasteiger partial charge in [0.1, 0.15) is 11.5 Å². The lowest BCUT2D eigenvalue weighted by atomic mass is 10.4. The Morgan fingerprint density at radius 1 is 1.45 bits per heavy atom. The van der Waals surface area contributed by atoms with Gasteiger partial charge < -0.3 is 5.73 Å². The summed E-state index contributed by atoms with van der Waals surface area (Å²) in [6.07, 6.45) is 2.97. The van der Waals surface area contributed by atoms with Crippen LogP contribution in [-0.4, -0.2) is 15.8 Å². The van der Waals surface area contributed by atoms with Crippen LogP contribution in [0.2, 0.25) is 0 Å². The first kappa shape index (κ1) is 7.83. The molecular formula is C7H6ClN3. The molecule has 0 fully saturated rings. The molecule has 0 radical (unpaired) electrons. The Bertz CT molecular complexity index is 283. The van der Waals surface area contributed by atoms with Gasteiger partial charge in [0.25, 0.3) is 0 Å². The number of nitrogens with two attached hydrogens (primary N) is 1. The number of rotatable bonds is 0. The molecule has 0 aliphatic rings. The molecule has 2 N–H and O–H groups in total. The molecule has 0 saturated heterocycles. The number of nitrogen functional groups attached to an aromatic ring is 1. The van der Waals surface area contributed by atoms with Crippen LogP contribution in [0.4, 0.5) is 5.82 Å². The van der Waals surface area contributed by atoms with Gasteiger partial charge in [-0.1, -0.05) is 5.92 Å². The fourth-order valence-corrected chi connectivity index (χ4v) is 0.593. The minimum absolute atomic E-state index is 0.298. The minimum Gasteiger partial charge on any atom is -0.382 e. The van der Waals surface area contributed by atoms with E-state index in [1.54, 1.807) is 0 Å². The Balaban J connectivity index is 2.82. The van der Waals surface area contributed by atoms with E-state index in [1.807, 2.05) is 0 Å². The van der Waals surface area contributed by atoms with E-state index in [2.05, 4.69) is 21.8 Å². The maximum atomic E-state index is 5.34. The third kappa shape index (κ3) is 2.44. The standard InChI is InChI=1S/C7H6ClN3/c8-3-1-2-6-4-11-7(9)5-10-6/h4-5H,3H2,(H2,9,11). The Morgan fingerprint density at radius 2 is 2.27 bits per heavy atom. The van der Waals surface area contributed by atoms with Gasteiger partial charge in [0.05, 0.1) is 18.3 Å². The van der Waals surface area contributed by atoms with Crippen LogP contribution in [-0.2, 0) is 0 Å². The van der Waals surface area contributed by atoms with Crippen molar-refractivity contribution in [2.75, 3.05) is 11.6 Å². The van der Waals surface area contributed by atoms with Crippen LogP contribution in [0.25, 0.3) is 0 Å². The monoisotopic (exact) mass is 167 g/mol. The first-order chi connectivity index (χ1) is 5.33. The highest BCUT2D eigenvalue weighted by atomic mass is 35.5. The number of halogens is 1. The molecule has 0 aliphatic carbocycles.